The Kier molecular flexibility index (Phi) is 7.01. The van der Waals surface area contributed by atoms with E-state index in [4.69, 9.17) is 14.2 Å². The second-order valence-electron chi connectivity index (χ2n) is 8.06. The van der Waals surface area contributed by atoms with Gasteiger partial charge >= 0.3 is 0 Å². The number of likely N-dealkylation sites (tertiary alicyclic amines) is 1. The number of carbonyl (C=O) groups is 2. The Morgan fingerprint density at radius 1 is 0.971 bits per heavy atom. The Bertz CT molecular complexity index is 1240. The van der Waals surface area contributed by atoms with Crippen molar-refractivity contribution in [1.29, 1.82) is 5.26 Å². The fourth-order valence-corrected chi connectivity index (χ4v) is 4.26. The maximum Gasteiger partial charge on any atom is 0.266 e. The zero-order valence-corrected chi connectivity index (χ0v) is 19.9. The van der Waals surface area contributed by atoms with Gasteiger partial charge in [0.05, 0.1) is 27.0 Å². The lowest BCUT2D eigenvalue weighted by molar-refractivity contribution is -0.127. The molecule has 9 nitrogen and oxygen atoms in total. The number of nitrogens with one attached hydrogen (secondary N) is 1. The van der Waals surface area contributed by atoms with Gasteiger partial charge in [-0.05, 0) is 31.4 Å². The third kappa shape index (κ3) is 4.55. The van der Waals surface area contributed by atoms with Gasteiger partial charge in [0, 0.05) is 29.8 Å². The number of aliphatic imine (C=N–C) groups is 1. The molecule has 0 saturated carbocycles. The first-order chi connectivity index (χ1) is 17.0. The van der Waals surface area contributed by atoms with Gasteiger partial charge in [-0.25, -0.2) is 4.99 Å². The van der Waals surface area contributed by atoms with Crippen LogP contribution < -0.4 is 19.5 Å². The largest absolute Gasteiger partial charge is 0.493 e. The van der Waals surface area contributed by atoms with Crippen molar-refractivity contribution in [2.75, 3.05) is 34.4 Å². The van der Waals surface area contributed by atoms with E-state index in [9.17, 15) is 14.9 Å². The number of hydrogen-bond acceptors (Lipinski definition) is 7. The van der Waals surface area contributed by atoms with Crippen LogP contribution in [0.5, 0.6) is 17.2 Å². The maximum absolute atomic E-state index is 13.2. The van der Waals surface area contributed by atoms with Gasteiger partial charge in [-0.1, -0.05) is 24.3 Å². The normalized spacial score (nSPS) is 15.9. The van der Waals surface area contributed by atoms with Crippen molar-refractivity contribution in [3.8, 4) is 23.3 Å². The van der Waals surface area contributed by atoms with Gasteiger partial charge in [-0.15, -0.1) is 0 Å². The van der Waals surface area contributed by atoms with Crippen molar-refractivity contribution in [2.45, 2.75) is 19.3 Å². The Morgan fingerprint density at radius 2 is 1.60 bits per heavy atom. The monoisotopic (exact) mass is 474 g/mol. The molecule has 0 radical (unpaired) electrons. The predicted octanol–water partition coefficient (Wildman–Crippen LogP) is 3.15. The highest BCUT2D eigenvalue weighted by molar-refractivity contribution is 6.20. The summed E-state index contributed by atoms with van der Waals surface area (Å²) in [5.74, 6) is 0.511. The number of nitrogens with zero attached hydrogens (tertiary/aromatic N) is 3. The van der Waals surface area contributed by atoms with Crippen molar-refractivity contribution >= 4 is 23.3 Å². The summed E-state index contributed by atoms with van der Waals surface area (Å²) in [4.78, 5) is 32.5. The lowest BCUT2D eigenvalue weighted by Gasteiger charge is -2.26. The predicted molar refractivity (Wildman–Crippen MR) is 130 cm³/mol. The fraction of sp³-hybridized carbons (Fsp3) is 0.308. The minimum absolute atomic E-state index is 0.0311. The molecule has 2 amide bonds. The summed E-state index contributed by atoms with van der Waals surface area (Å²) in [6.07, 6.45) is 2.89. The van der Waals surface area contributed by atoms with E-state index in [0.717, 1.165) is 19.3 Å². The van der Waals surface area contributed by atoms with Crippen LogP contribution in [0.15, 0.2) is 47.0 Å². The molecule has 2 aromatic rings. The summed E-state index contributed by atoms with van der Waals surface area (Å²) >= 11 is 0. The van der Waals surface area contributed by atoms with Crippen molar-refractivity contribution < 1.29 is 23.8 Å². The first kappa shape index (κ1) is 23.8. The van der Waals surface area contributed by atoms with Gasteiger partial charge in [0.1, 0.15) is 17.5 Å². The molecule has 1 saturated heterocycles. The van der Waals surface area contributed by atoms with Crippen LogP contribution in [0, 0.1) is 11.3 Å². The molecular weight excluding hydrogens is 448 g/mol. The standard InChI is InChI=1S/C26H26N4O5/c1-33-20-13-16(14-21(34-2)23(20)35-3)25(31)29-24-18-10-6-5-9-17(18)22(28-24)19(15-27)26(32)30-11-7-4-8-12-30/h5-6,9-10,13-14H,4,7-8,11-12H2,1-3H3,(H,28,29,31). The van der Waals surface area contributed by atoms with Gasteiger partial charge in [0.15, 0.2) is 11.5 Å². The summed E-state index contributed by atoms with van der Waals surface area (Å²) < 4.78 is 16.0. The van der Waals surface area contributed by atoms with Crippen LogP contribution in [-0.2, 0) is 4.79 Å². The number of hydrogen-bond donors (Lipinski definition) is 1. The number of ether oxygens (including phenoxy) is 3. The molecule has 2 aliphatic rings. The van der Waals surface area contributed by atoms with E-state index in [1.807, 2.05) is 0 Å². The second kappa shape index (κ2) is 10.3. The van der Waals surface area contributed by atoms with E-state index in [1.165, 1.54) is 33.5 Å². The molecule has 2 heterocycles. The van der Waals surface area contributed by atoms with E-state index in [1.54, 1.807) is 29.2 Å². The summed E-state index contributed by atoms with van der Waals surface area (Å²) in [7, 11) is 4.42. The van der Waals surface area contributed by atoms with Gasteiger partial charge in [0.25, 0.3) is 11.8 Å². The van der Waals surface area contributed by atoms with Crippen LogP contribution in [-0.4, -0.2) is 57.0 Å². The number of methoxy groups -OCH3 is 3. The lowest BCUT2D eigenvalue weighted by Crippen LogP contribution is -2.36. The number of benzene rings is 2. The van der Waals surface area contributed by atoms with E-state index in [-0.39, 0.29) is 28.6 Å². The molecule has 0 unspecified atom stereocenters. The summed E-state index contributed by atoms with van der Waals surface area (Å²) in [6, 6.07) is 12.3. The average Bonchev–Trinajstić information content (AvgIpc) is 3.26. The highest BCUT2D eigenvalue weighted by Crippen LogP contribution is 2.38. The molecule has 0 aromatic heterocycles. The molecule has 1 fully saturated rings. The molecule has 0 spiro atoms. The third-order valence-corrected chi connectivity index (χ3v) is 6.03. The van der Waals surface area contributed by atoms with Gasteiger partial charge in [0.2, 0.25) is 5.75 Å². The molecule has 2 aliphatic heterocycles. The van der Waals surface area contributed by atoms with Crippen LogP contribution >= 0.6 is 0 Å². The van der Waals surface area contributed by atoms with E-state index >= 15 is 0 Å². The minimum Gasteiger partial charge on any atom is -0.493 e. The molecule has 0 bridgehead atoms. The molecule has 0 atom stereocenters. The zero-order valence-electron chi connectivity index (χ0n) is 19.9. The van der Waals surface area contributed by atoms with Crippen molar-refractivity contribution in [3.05, 3.63) is 58.7 Å². The van der Waals surface area contributed by atoms with Gasteiger partial charge < -0.3 is 24.4 Å². The molecule has 35 heavy (non-hydrogen) atoms. The smallest absolute Gasteiger partial charge is 0.266 e. The lowest BCUT2D eigenvalue weighted by atomic mass is 10.0. The van der Waals surface area contributed by atoms with Crippen molar-refractivity contribution in [2.24, 2.45) is 4.99 Å². The van der Waals surface area contributed by atoms with Crippen LogP contribution in [0.3, 0.4) is 0 Å². The Morgan fingerprint density at radius 3 is 2.17 bits per heavy atom. The van der Waals surface area contributed by atoms with E-state index < -0.39 is 5.91 Å². The average molecular weight is 475 g/mol. The van der Waals surface area contributed by atoms with Crippen LogP contribution in [0.1, 0.15) is 40.7 Å². The summed E-state index contributed by atoms with van der Waals surface area (Å²) in [6.45, 7) is 1.24. The summed E-state index contributed by atoms with van der Waals surface area (Å²) in [5.41, 5.74) is 1.74. The molecular formula is C26H26N4O5. The molecule has 9 heteroatoms. The van der Waals surface area contributed by atoms with E-state index in [0.29, 0.717) is 41.5 Å². The summed E-state index contributed by atoms with van der Waals surface area (Å²) in [5, 5.41) is 12.7. The number of piperidine rings is 1. The first-order valence-corrected chi connectivity index (χ1v) is 11.3. The quantitative estimate of drug-likeness (QED) is 0.526. The SMILES string of the molecule is COc1cc(C(=O)NC2=NC(=C(C#N)C(=O)N3CCCCC3)c3ccccc32)cc(OC)c1OC. The zero-order chi connectivity index (χ0) is 24.9. The molecule has 4 rings (SSSR count). The second-order valence-corrected chi connectivity index (χ2v) is 8.06. The Labute approximate surface area is 203 Å². The highest BCUT2D eigenvalue weighted by Gasteiger charge is 2.30. The first-order valence-electron chi connectivity index (χ1n) is 11.3. The van der Waals surface area contributed by atoms with E-state index in [2.05, 4.69) is 16.4 Å². The number of fused-ring (bicyclic) bond motifs is 1. The van der Waals surface area contributed by atoms with Crippen LogP contribution in [0.2, 0.25) is 0 Å². The number of nitriles is 1. The minimum atomic E-state index is -0.458. The fourth-order valence-electron chi connectivity index (χ4n) is 4.26. The topological polar surface area (TPSA) is 113 Å². The van der Waals surface area contributed by atoms with Crippen LogP contribution in [0.25, 0.3) is 5.70 Å². The molecule has 1 N–H and O–H groups in total. The molecule has 0 aliphatic carbocycles. The van der Waals surface area contributed by atoms with Crippen molar-refractivity contribution in [1.82, 2.24) is 10.2 Å². The molecule has 2 aromatic carbocycles. The Hall–Kier alpha value is -4.32. The highest BCUT2D eigenvalue weighted by atomic mass is 16.5. The number of rotatable bonds is 5. The Balaban J connectivity index is 1.71. The number of amides is 2. The van der Waals surface area contributed by atoms with Crippen molar-refractivity contribution in [3.63, 3.8) is 0 Å². The number of carbonyl (C=O) groups excluding carboxylic acids is 2. The molecule has 180 valence electrons. The van der Waals surface area contributed by atoms with Gasteiger partial charge in [-0.2, -0.15) is 5.26 Å². The van der Waals surface area contributed by atoms with Crippen LogP contribution in [0.4, 0.5) is 0 Å². The van der Waals surface area contributed by atoms with Gasteiger partial charge in [-0.3, -0.25) is 9.59 Å². The number of amidine groups is 1. The third-order valence-electron chi connectivity index (χ3n) is 6.03. The maximum atomic E-state index is 13.2.